The summed E-state index contributed by atoms with van der Waals surface area (Å²) < 4.78 is 5.56. The maximum absolute atomic E-state index is 13.2. The quantitative estimate of drug-likeness (QED) is 0.681. The van der Waals surface area contributed by atoms with E-state index in [-0.39, 0.29) is 11.9 Å². The second-order valence-electron chi connectivity index (χ2n) is 10.2. The molecule has 8 heteroatoms. The van der Waals surface area contributed by atoms with Gasteiger partial charge in [0.1, 0.15) is 11.5 Å². The second-order valence-corrected chi connectivity index (χ2v) is 10.2. The molecule has 3 aliphatic rings. The molecule has 0 aromatic carbocycles. The van der Waals surface area contributed by atoms with E-state index in [9.17, 15) is 4.79 Å². The van der Waals surface area contributed by atoms with Gasteiger partial charge in [0.15, 0.2) is 0 Å². The van der Waals surface area contributed by atoms with Crippen LogP contribution in [-0.2, 0) is 4.74 Å². The van der Waals surface area contributed by atoms with Crippen molar-refractivity contribution in [3.05, 3.63) is 30.1 Å². The summed E-state index contributed by atoms with van der Waals surface area (Å²) in [6.07, 6.45) is 9.84. The number of ether oxygens (including phenoxy) is 1. The highest BCUT2D eigenvalue weighted by Gasteiger charge is 2.23. The number of nitrogens with one attached hydrogen (secondary N) is 1. The van der Waals surface area contributed by atoms with Gasteiger partial charge in [-0.25, -0.2) is 4.98 Å². The van der Waals surface area contributed by atoms with E-state index in [1.54, 1.807) is 6.20 Å². The maximum atomic E-state index is 13.2. The molecule has 0 unspecified atom stereocenters. The topological polar surface area (TPSA) is 73.8 Å². The molecule has 190 valence electrons. The van der Waals surface area contributed by atoms with Crippen molar-refractivity contribution in [2.75, 3.05) is 70.5 Å². The molecule has 2 aromatic rings. The van der Waals surface area contributed by atoms with E-state index in [4.69, 9.17) is 9.72 Å². The smallest absolute Gasteiger partial charge is 0.270 e. The van der Waals surface area contributed by atoms with Crippen molar-refractivity contribution in [1.29, 1.82) is 0 Å². The van der Waals surface area contributed by atoms with Gasteiger partial charge >= 0.3 is 0 Å². The van der Waals surface area contributed by atoms with Crippen LogP contribution in [0.1, 0.15) is 55.4 Å². The third kappa shape index (κ3) is 6.48. The molecule has 1 N–H and O–H groups in total. The van der Waals surface area contributed by atoms with Crippen LogP contribution < -0.4 is 10.2 Å². The maximum Gasteiger partial charge on any atom is 0.270 e. The zero-order chi connectivity index (χ0) is 23.9. The number of nitrogens with zero attached hydrogens (tertiary/aromatic N) is 5. The molecular formula is C27H40N6O2. The lowest BCUT2D eigenvalue weighted by atomic mass is 10.0. The summed E-state index contributed by atoms with van der Waals surface area (Å²) in [6.45, 7) is 10.3. The second kappa shape index (κ2) is 12.1. The van der Waals surface area contributed by atoms with Crippen molar-refractivity contribution in [1.82, 2.24) is 25.1 Å². The highest BCUT2D eigenvalue weighted by Crippen LogP contribution is 2.23. The first-order valence-corrected chi connectivity index (χ1v) is 13.6. The van der Waals surface area contributed by atoms with Crippen molar-refractivity contribution in [3.63, 3.8) is 0 Å². The normalized spacial score (nSPS) is 21.5. The fraction of sp³-hybridized carbons (Fsp3) is 0.667. The van der Waals surface area contributed by atoms with Crippen LogP contribution in [0.25, 0.3) is 10.9 Å². The molecule has 5 rings (SSSR count). The Bertz CT molecular complexity index is 961. The minimum atomic E-state index is -0.0806. The van der Waals surface area contributed by atoms with Gasteiger partial charge in [0.2, 0.25) is 0 Å². The number of piperidine rings is 1. The van der Waals surface area contributed by atoms with E-state index in [2.05, 4.69) is 31.1 Å². The van der Waals surface area contributed by atoms with Gasteiger partial charge in [-0.1, -0.05) is 12.8 Å². The van der Waals surface area contributed by atoms with Crippen molar-refractivity contribution < 1.29 is 9.53 Å². The van der Waals surface area contributed by atoms with Crippen LogP contribution in [0.15, 0.2) is 24.4 Å². The first kappa shape index (κ1) is 24.4. The third-order valence-electron chi connectivity index (χ3n) is 7.72. The van der Waals surface area contributed by atoms with Crippen LogP contribution in [0, 0.1) is 0 Å². The van der Waals surface area contributed by atoms with E-state index in [1.807, 2.05) is 12.1 Å². The van der Waals surface area contributed by atoms with Gasteiger partial charge < -0.3 is 19.9 Å². The van der Waals surface area contributed by atoms with Crippen molar-refractivity contribution in [3.8, 4) is 0 Å². The van der Waals surface area contributed by atoms with Crippen LogP contribution in [0.5, 0.6) is 0 Å². The van der Waals surface area contributed by atoms with Crippen LogP contribution >= 0.6 is 0 Å². The molecule has 3 fully saturated rings. The summed E-state index contributed by atoms with van der Waals surface area (Å²) in [5.74, 6) is 0.931. The zero-order valence-electron chi connectivity index (χ0n) is 21.0. The molecule has 2 aromatic heterocycles. The molecule has 0 spiro atoms. The number of hydrogen-bond acceptors (Lipinski definition) is 7. The summed E-state index contributed by atoms with van der Waals surface area (Å²) in [6, 6.07) is 6.20. The fourth-order valence-corrected chi connectivity index (χ4v) is 5.56. The van der Waals surface area contributed by atoms with Crippen LogP contribution in [0.2, 0.25) is 0 Å². The van der Waals surface area contributed by atoms with Crippen LogP contribution in [0.3, 0.4) is 0 Å². The van der Waals surface area contributed by atoms with Gasteiger partial charge in [-0.3, -0.25) is 14.7 Å². The highest BCUT2D eigenvalue weighted by atomic mass is 16.5. The minimum Gasteiger partial charge on any atom is -0.380 e. The van der Waals surface area contributed by atoms with Crippen molar-refractivity contribution in [2.24, 2.45) is 0 Å². The number of pyridine rings is 2. The Morgan fingerprint density at radius 2 is 1.66 bits per heavy atom. The van der Waals surface area contributed by atoms with Crippen molar-refractivity contribution >= 4 is 22.6 Å². The van der Waals surface area contributed by atoms with Gasteiger partial charge in [-0.2, -0.15) is 0 Å². The molecule has 0 saturated carbocycles. The molecule has 1 amide bonds. The van der Waals surface area contributed by atoms with E-state index >= 15 is 0 Å². The van der Waals surface area contributed by atoms with E-state index in [0.29, 0.717) is 5.69 Å². The minimum absolute atomic E-state index is 0.0806. The molecular weight excluding hydrogens is 440 g/mol. The first-order chi connectivity index (χ1) is 17.3. The monoisotopic (exact) mass is 480 g/mol. The average Bonchev–Trinajstić information content (AvgIpc) is 3.33. The molecule has 0 atom stereocenters. The Hall–Kier alpha value is -2.29. The van der Waals surface area contributed by atoms with E-state index < -0.39 is 0 Å². The van der Waals surface area contributed by atoms with E-state index in [1.165, 1.54) is 25.7 Å². The lowest BCUT2D eigenvalue weighted by Gasteiger charge is -2.33. The van der Waals surface area contributed by atoms with Crippen LogP contribution in [-0.4, -0.2) is 97.3 Å². The van der Waals surface area contributed by atoms with E-state index in [0.717, 1.165) is 102 Å². The Morgan fingerprint density at radius 1 is 0.886 bits per heavy atom. The molecule has 0 aliphatic carbocycles. The number of aromatic nitrogens is 2. The summed E-state index contributed by atoms with van der Waals surface area (Å²) in [4.78, 5) is 29.9. The molecule has 3 aliphatic heterocycles. The number of amides is 1. The number of carbonyl (C=O) groups excluding carboxylic acids is 1. The number of carbonyl (C=O) groups is 1. The predicted molar refractivity (Wildman–Crippen MR) is 139 cm³/mol. The zero-order valence-corrected chi connectivity index (χ0v) is 21.0. The molecule has 0 radical (unpaired) electrons. The number of rotatable bonds is 6. The first-order valence-electron chi connectivity index (χ1n) is 13.6. The Labute approximate surface area is 209 Å². The van der Waals surface area contributed by atoms with Gasteiger partial charge in [-0.15, -0.1) is 0 Å². The van der Waals surface area contributed by atoms with Gasteiger partial charge in [0.25, 0.3) is 5.91 Å². The SMILES string of the molecule is O=C(NC1CCN(CCN2CCCOCC2)CC1)c1nccc2nc(N3CCCCCC3)ccc12. The molecule has 5 heterocycles. The third-order valence-corrected chi connectivity index (χ3v) is 7.72. The summed E-state index contributed by atoms with van der Waals surface area (Å²) in [5, 5.41) is 4.09. The molecule has 35 heavy (non-hydrogen) atoms. The number of fused-ring (bicyclic) bond motifs is 1. The average molecular weight is 481 g/mol. The molecule has 0 bridgehead atoms. The predicted octanol–water partition coefficient (Wildman–Crippen LogP) is 2.93. The van der Waals surface area contributed by atoms with Crippen molar-refractivity contribution in [2.45, 2.75) is 51.0 Å². The molecule has 3 saturated heterocycles. The molecule has 8 nitrogen and oxygen atoms in total. The standard InChI is InChI=1S/C27H40N6O2/c34-27(29-22-9-15-32(16-10-22)18-17-31-12-5-20-35-21-19-31)26-23-6-7-25(30-24(23)8-11-28-26)33-13-3-1-2-4-14-33/h6-8,11,22H,1-5,9-10,12-21H2,(H,29,34). The number of anilines is 1. The number of likely N-dealkylation sites (tertiary alicyclic amines) is 1. The fourth-order valence-electron chi connectivity index (χ4n) is 5.56. The van der Waals surface area contributed by atoms with Crippen LogP contribution in [0.4, 0.5) is 5.82 Å². The summed E-state index contributed by atoms with van der Waals surface area (Å²) in [7, 11) is 0. The number of hydrogen-bond donors (Lipinski definition) is 1. The Kier molecular flexibility index (Phi) is 8.44. The van der Waals surface area contributed by atoms with Gasteiger partial charge in [0.05, 0.1) is 12.1 Å². The Morgan fingerprint density at radius 3 is 2.46 bits per heavy atom. The lowest BCUT2D eigenvalue weighted by molar-refractivity contribution is 0.0903. The highest BCUT2D eigenvalue weighted by molar-refractivity contribution is 6.04. The summed E-state index contributed by atoms with van der Waals surface area (Å²) >= 11 is 0. The Balaban J connectivity index is 1.15. The van der Waals surface area contributed by atoms with Gasteiger partial charge in [0, 0.05) is 76.6 Å². The lowest BCUT2D eigenvalue weighted by Crippen LogP contribution is -2.46. The largest absolute Gasteiger partial charge is 0.380 e. The summed E-state index contributed by atoms with van der Waals surface area (Å²) in [5.41, 5.74) is 1.34. The van der Waals surface area contributed by atoms with Gasteiger partial charge in [-0.05, 0) is 50.3 Å².